The zero-order chi connectivity index (χ0) is 26.5. The summed E-state index contributed by atoms with van der Waals surface area (Å²) >= 11 is 0. The molecule has 0 aromatic carbocycles. The first-order valence-corrected chi connectivity index (χ1v) is 21.8. The lowest BCUT2D eigenvalue weighted by molar-refractivity contribution is -0.0424. The molecule has 2 atom stereocenters. The van der Waals surface area contributed by atoms with Gasteiger partial charge in [0.05, 0.1) is 25.4 Å². The van der Waals surface area contributed by atoms with Crippen LogP contribution in [0.15, 0.2) is 0 Å². The van der Waals surface area contributed by atoms with Gasteiger partial charge in [-0.15, -0.1) is 0 Å². The molecule has 0 heterocycles. The van der Waals surface area contributed by atoms with Crippen LogP contribution in [0.2, 0.25) is 54.4 Å². The molecule has 7 heteroatoms. The van der Waals surface area contributed by atoms with E-state index in [-0.39, 0.29) is 27.3 Å². The van der Waals surface area contributed by atoms with Gasteiger partial charge in [0.15, 0.2) is 25.0 Å². The smallest absolute Gasteiger partial charge is 0.192 e. The van der Waals surface area contributed by atoms with Gasteiger partial charge in [-0.05, 0) is 60.8 Å². The van der Waals surface area contributed by atoms with Gasteiger partial charge in [0.1, 0.15) is 0 Å². The van der Waals surface area contributed by atoms with Crippen LogP contribution in [0.5, 0.6) is 0 Å². The lowest BCUT2D eigenvalue weighted by Crippen LogP contribution is -2.55. The van der Waals surface area contributed by atoms with Crippen LogP contribution in [0.4, 0.5) is 0 Å². The van der Waals surface area contributed by atoms with E-state index in [1.54, 1.807) is 0 Å². The zero-order valence-electron chi connectivity index (χ0n) is 25.3. The van der Waals surface area contributed by atoms with E-state index in [0.717, 1.165) is 19.4 Å². The van der Waals surface area contributed by atoms with Crippen LogP contribution in [0, 0.1) is 0 Å². The van der Waals surface area contributed by atoms with E-state index in [1.807, 2.05) is 0 Å². The molecule has 0 aliphatic carbocycles. The van der Waals surface area contributed by atoms with Crippen molar-refractivity contribution in [2.24, 2.45) is 0 Å². The van der Waals surface area contributed by atoms with Gasteiger partial charge in [-0.2, -0.15) is 0 Å². The first kappa shape index (κ1) is 33.5. The first-order chi connectivity index (χ1) is 14.5. The number of hydrogen-bond donors (Lipinski definition) is 0. The minimum absolute atomic E-state index is 0.118. The van der Waals surface area contributed by atoms with Crippen molar-refractivity contribution in [3.8, 4) is 0 Å². The van der Waals surface area contributed by atoms with Crippen molar-refractivity contribution in [1.82, 2.24) is 0 Å². The molecule has 0 N–H and O–H groups in total. The molecule has 33 heavy (non-hydrogen) atoms. The van der Waals surface area contributed by atoms with Crippen LogP contribution in [0.1, 0.15) is 82.1 Å². The van der Waals surface area contributed by atoms with Crippen LogP contribution in [0.3, 0.4) is 0 Å². The molecule has 0 aromatic heterocycles. The van der Waals surface area contributed by atoms with Crippen LogP contribution in [-0.4, -0.2) is 57.0 Å². The van der Waals surface area contributed by atoms with E-state index in [4.69, 9.17) is 18.0 Å². The van der Waals surface area contributed by atoms with E-state index < -0.39 is 25.0 Å². The van der Waals surface area contributed by atoms with Crippen molar-refractivity contribution in [3.05, 3.63) is 0 Å². The van der Waals surface area contributed by atoms with Gasteiger partial charge in [0.2, 0.25) is 0 Å². The summed E-state index contributed by atoms with van der Waals surface area (Å²) in [5, 5.41) is 0.394. The molecule has 0 aliphatic heterocycles. The Morgan fingerprint density at radius 1 is 0.576 bits per heavy atom. The summed E-state index contributed by atoms with van der Waals surface area (Å²) in [6.45, 7) is 38.7. The molecule has 0 saturated heterocycles. The van der Waals surface area contributed by atoms with Crippen molar-refractivity contribution in [3.63, 3.8) is 0 Å². The molecule has 0 aromatic rings. The van der Waals surface area contributed by atoms with Crippen LogP contribution >= 0.6 is 0 Å². The molecule has 4 nitrogen and oxygen atoms in total. The van der Waals surface area contributed by atoms with Crippen LogP contribution < -0.4 is 0 Å². The SMILES string of the molecule is CCCCOC[C@H](O[Si](C)(C)C(C)(C)C)[C@H](CO[Si](C)(C)C(C)(C)C)O[Si](C)(C)C(C)(C)C. The summed E-state index contributed by atoms with van der Waals surface area (Å²) in [6, 6.07) is 0. The molecule has 0 amide bonds. The highest BCUT2D eigenvalue weighted by molar-refractivity contribution is 6.75. The predicted molar refractivity (Wildman–Crippen MR) is 153 cm³/mol. The van der Waals surface area contributed by atoms with E-state index in [2.05, 4.69) is 109 Å². The Hall–Kier alpha value is 0.491. The highest BCUT2D eigenvalue weighted by Crippen LogP contribution is 2.41. The minimum Gasteiger partial charge on any atom is -0.414 e. The van der Waals surface area contributed by atoms with Gasteiger partial charge in [-0.3, -0.25) is 0 Å². The van der Waals surface area contributed by atoms with Gasteiger partial charge in [0.25, 0.3) is 0 Å². The Morgan fingerprint density at radius 2 is 0.939 bits per heavy atom. The largest absolute Gasteiger partial charge is 0.414 e. The topological polar surface area (TPSA) is 36.9 Å². The summed E-state index contributed by atoms with van der Waals surface area (Å²) in [6.07, 6.45) is 1.95. The normalized spacial score (nSPS) is 16.7. The fraction of sp³-hybridized carbons (Fsp3) is 1.00. The predicted octanol–water partition coefficient (Wildman–Crippen LogP) is 8.61. The van der Waals surface area contributed by atoms with Crippen LogP contribution in [-0.2, 0) is 18.0 Å². The molecule has 0 radical (unpaired) electrons. The third-order valence-corrected chi connectivity index (χ3v) is 21.8. The Balaban J connectivity index is 6.08. The molecular weight excluding hydrogens is 461 g/mol. The molecule has 0 fully saturated rings. The molecule has 0 rings (SSSR count). The van der Waals surface area contributed by atoms with Gasteiger partial charge in [-0.1, -0.05) is 75.7 Å². The Kier molecular flexibility index (Phi) is 12.3. The maximum absolute atomic E-state index is 7.04. The summed E-state index contributed by atoms with van der Waals surface area (Å²) in [5.41, 5.74) is 0. The lowest BCUT2D eigenvalue weighted by atomic mass is 10.2. The van der Waals surface area contributed by atoms with Crippen molar-refractivity contribution >= 4 is 25.0 Å². The van der Waals surface area contributed by atoms with Crippen molar-refractivity contribution in [2.45, 2.75) is 149 Å². The molecule has 0 bridgehead atoms. The monoisotopic (exact) mass is 520 g/mol. The van der Waals surface area contributed by atoms with E-state index in [0.29, 0.717) is 13.2 Å². The number of hydrogen-bond acceptors (Lipinski definition) is 4. The molecule has 0 unspecified atom stereocenters. The number of ether oxygens (including phenoxy) is 1. The average Bonchev–Trinajstić information content (AvgIpc) is 2.58. The second-order valence-electron chi connectivity index (χ2n) is 14.3. The lowest BCUT2D eigenvalue weighted by Gasteiger charge is -2.46. The quantitative estimate of drug-likeness (QED) is 0.180. The third-order valence-electron chi connectivity index (χ3n) is 8.26. The fourth-order valence-corrected chi connectivity index (χ4v) is 6.17. The Bertz CT molecular complexity index is 570. The maximum atomic E-state index is 7.04. The highest BCUT2D eigenvalue weighted by Gasteiger charge is 2.46. The number of rotatable bonds is 13. The molecule has 0 spiro atoms. The first-order valence-electron chi connectivity index (χ1n) is 13.1. The Labute approximate surface area is 211 Å². The van der Waals surface area contributed by atoms with Gasteiger partial charge in [-0.25, -0.2) is 0 Å². The maximum Gasteiger partial charge on any atom is 0.192 e. The molecule has 0 saturated carbocycles. The number of unbranched alkanes of at least 4 members (excludes halogenated alkanes) is 1. The van der Waals surface area contributed by atoms with Crippen LogP contribution in [0.25, 0.3) is 0 Å². The highest BCUT2D eigenvalue weighted by atomic mass is 28.4. The van der Waals surface area contributed by atoms with Gasteiger partial charge >= 0.3 is 0 Å². The van der Waals surface area contributed by atoms with Gasteiger partial charge in [0, 0.05) is 6.61 Å². The standard InChI is InChI=1S/C26H60O4Si3/c1-17-18-19-27-20-22(29-32(13,14)25(5,6)7)23(30-33(15,16)26(8,9)10)21-28-31(11,12)24(2,3)4/h22-23H,17-21H2,1-16H3/t22-,23-/m0/s1. The fourth-order valence-electron chi connectivity index (χ4n) is 2.50. The van der Waals surface area contributed by atoms with Gasteiger partial charge < -0.3 is 18.0 Å². The van der Waals surface area contributed by atoms with Crippen molar-refractivity contribution in [1.29, 1.82) is 0 Å². The minimum atomic E-state index is -2.03. The molecule has 200 valence electrons. The molecular formula is C26H60O4Si3. The summed E-state index contributed by atoms with van der Waals surface area (Å²) in [5.74, 6) is 0. The second-order valence-corrected chi connectivity index (χ2v) is 28.7. The van der Waals surface area contributed by atoms with Crippen molar-refractivity contribution < 1.29 is 18.0 Å². The molecule has 0 aliphatic rings. The average molecular weight is 521 g/mol. The Morgan fingerprint density at radius 3 is 1.27 bits per heavy atom. The van der Waals surface area contributed by atoms with E-state index in [1.165, 1.54) is 0 Å². The zero-order valence-corrected chi connectivity index (χ0v) is 28.3. The van der Waals surface area contributed by atoms with Crippen molar-refractivity contribution in [2.75, 3.05) is 19.8 Å². The summed E-state index contributed by atoms with van der Waals surface area (Å²) in [7, 11) is -5.98. The third kappa shape index (κ3) is 10.6. The summed E-state index contributed by atoms with van der Waals surface area (Å²) < 4.78 is 26.9. The summed E-state index contributed by atoms with van der Waals surface area (Å²) in [4.78, 5) is 0. The van der Waals surface area contributed by atoms with E-state index in [9.17, 15) is 0 Å². The van der Waals surface area contributed by atoms with E-state index >= 15 is 0 Å². The second kappa shape index (κ2) is 12.2.